The lowest BCUT2D eigenvalue weighted by molar-refractivity contribution is -0.118. The quantitative estimate of drug-likeness (QED) is 0.196. The second kappa shape index (κ2) is 17.7. The Labute approximate surface area is 288 Å². The third-order valence-corrected chi connectivity index (χ3v) is 7.77. The Kier molecular flexibility index (Phi) is 14.4. The summed E-state index contributed by atoms with van der Waals surface area (Å²) in [5, 5.41) is 1.63. The molecule has 5 rings (SSSR count). The molecule has 13 heteroatoms. The SMILES string of the molecule is CC.NC(=O)C(c1ccc(Br)cn1)c1c(Cl)cccc1Cl.O=c1ncn2cc(Br)ccc2c1-c1c(Cl)cccc1Cl.[2H]C.[2H]F. The highest BCUT2D eigenvalue weighted by atomic mass is 79.9. The van der Waals surface area contributed by atoms with E-state index in [2.05, 4.69) is 43.3 Å². The van der Waals surface area contributed by atoms with Gasteiger partial charge in [0.25, 0.3) is 7.01 Å². The van der Waals surface area contributed by atoms with Crippen molar-refractivity contribution < 1.29 is 10.9 Å². The van der Waals surface area contributed by atoms with Gasteiger partial charge in [0, 0.05) is 43.9 Å². The number of aromatic nitrogens is 3. The molecule has 1 unspecified atom stereocenters. The van der Waals surface area contributed by atoms with Crippen molar-refractivity contribution >= 4 is 89.7 Å². The largest absolute Gasteiger partial charge is 0.369 e. The molecule has 2 aromatic carbocycles. The number of carbonyl (C=O) groups is 1. The van der Waals surface area contributed by atoms with Crippen LogP contribution in [0.3, 0.4) is 0 Å². The number of carbonyl (C=O) groups excluding carboxylic acids is 1. The Morgan fingerprint density at radius 2 is 1.42 bits per heavy atom. The van der Waals surface area contributed by atoms with Gasteiger partial charge in [0.05, 0.1) is 26.8 Å². The molecule has 0 radical (unpaired) electrons. The van der Waals surface area contributed by atoms with Crippen LogP contribution in [0.4, 0.5) is 4.72 Å². The van der Waals surface area contributed by atoms with Gasteiger partial charge in [-0.2, -0.15) is 4.98 Å². The fourth-order valence-electron chi connectivity index (χ4n) is 3.84. The molecule has 0 fully saturated rings. The Bertz CT molecular complexity index is 1730. The summed E-state index contributed by atoms with van der Waals surface area (Å²) in [6, 6.07) is 17.3. The van der Waals surface area contributed by atoms with E-state index in [0.717, 1.165) is 8.95 Å². The van der Waals surface area contributed by atoms with E-state index in [4.69, 9.17) is 58.2 Å². The van der Waals surface area contributed by atoms with E-state index in [1.165, 1.54) is 13.7 Å². The molecule has 6 nitrogen and oxygen atoms in total. The molecule has 0 saturated carbocycles. The van der Waals surface area contributed by atoms with Gasteiger partial charge in [0.15, 0.2) is 0 Å². The van der Waals surface area contributed by atoms with E-state index >= 15 is 0 Å². The summed E-state index contributed by atoms with van der Waals surface area (Å²) >= 11 is 31.3. The summed E-state index contributed by atoms with van der Waals surface area (Å²) in [5.74, 6) is -1.32. The predicted octanol–water partition coefficient (Wildman–Crippen LogP) is 10.0. The molecule has 1 amide bonds. The van der Waals surface area contributed by atoms with Crippen molar-refractivity contribution in [2.75, 3.05) is 0 Å². The van der Waals surface area contributed by atoms with Crippen LogP contribution in [-0.2, 0) is 4.79 Å². The number of rotatable bonds is 4. The van der Waals surface area contributed by atoms with Crippen molar-refractivity contribution in [3.8, 4) is 11.1 Å². The number of benzene rings is 2. The van der Waals surface area contributed by atoms with Gasteiger partial charge in [-0.1, -0.05) is 79.8 Å². The number of hydrogen-bond donors (Lipinski definition) is 1. The standard InChI is InChI=1S/C14H7BrCl2N2O.C13H9BrCl2N2O.C2H6.CH4.FH/c15-8-4-5-11-13(14(20)18-7-19(11)6-8)12-9(16)2-1-3-10(12)17;14-7-4-5-10(18-6-7)12(13(17)19)11-8(15)2-1-3-9(11)16;1-2;;/h1-7H;1-6,12H,(H2,17,19);1-2H3;1H4;1H/i;;;1D;/hD. The van der Waals surface area contributed by atoms with Gasteiger partial charge in [-0.3, -0.25) is 19.3 Å². The Balaban J connectivity index is 0.000000387. The Morgan fingerprint density at radius 1 is 0.884 bits per heavy atom. The maximum atomic E-state index is 12.2. The first-order valence-corrected chi connectivity index (χ1v) is 15.1. The van der Waals surface area contributed by atoms with Gasteiger partial charge < -0.3 is 10.1 Å². The summed E-state index contributed by atoms with van der Waals surface area (Å²) in [7, 11) is 1.25. The van der Waals surface area contributed by atoms with Crippen molar-refractivity contribution in [2.24, 2.45) is 5.73 Å². The van der Waals surface area contributed by atoms with E-state index in [9.17, 15) is 9.59 Å². The molecule has 0 aliphatic rings. The predicted molar refractivity (Wildman–Crippen MR) is 185 cm³/mol. The number of nitrogens with two attached hydrogens (primary N) is 1. The van der Waals surface area contributed by atoms with Crippen LogP contribution in [0.5, 0.6) is 0 Å². The van der Waals surface area contributed by atoms with E-state index in [1.807, 2.05) is 32.2 Å². The summed E-state index contributed by atoms with van der Waals surface area (Å²) in [5.41, 5.74) is 7.70. The van der Waals surface area contributed by atoms with Crippen LogP contribution in [0.25, 0.3) is 16.6 Å². The van der Waals surface area contributed by atoms with Gasteiger partial charge >= 0.3 is 0 Å². The van der Waals surface area contributed by atoms with E-state index in [-0.39, 0.29) is 5.56 Å². The van der Waals surface area contributed by atoms with Gasteiger partial charge in [-0.25, -0.2) is 0 Å². The summed E-state index contributed by atoms with van der Waals surface area (Å²) in [6.45, 7) is 4.00. The zero-order valence-electron chi connectivity index (χ0n) is 25.0. The van der Waals surface area contributed by atoms with Gasteiger partial charge in [0.2, 0.25) is 5.91 Å². The average molecular weight is 798 g/mol. The van der Waals surface area contributed by atoms with Gasteiger partial charge in [0.1, 0.15) is 12.2 Å². The van der Waals surface area contributed by atoms with Crippen molar-refractivity contribution in [3.63, 3.8) is 0 Å². The molecule has 1 atom stereocenters. The zero-order chi connectivity index (χ0) is 34.3. The molecular formula is C30H27Br2Cl4FN4O2. The summed E-state index contributed by atoms with van der Waals surface area (Å²) in [4.78, 5) is 32.0. The minimum absolute atomic E-state index is 0.359. The van der Waals surface area contributed by atoms with Crippen LogP contribution < -0.4 is 11.3 Å². The number of fused-ring (bicyclic) bond motifs is 1. The van der Waals surface area contributed by atoms with Crippen LogP contribution in [0.2, 0.25) is 20.1 Å². The topological polar surface area (TPSA) is 90.4 Å². The lowest BCUT2D eigenvalue weighted by atomic mass is 9.94. The Hall–Kier alpha value is -2.53. The van der Waals surface area contributed by atoms with E-state index < -0.39 is 11.8 Å². The number of nitrogens with zero attached hydrogens (tertiary/aromatic N) is 3. The molecular weight excluding hydrogens is 769 g/mol. The number of amides is 1. The smallest absolute Gasteiger partial charge is 0.281 e. The summed E-state index contributed by atoms with van der Waals surface area (Å²) < 4.78 is 22.2. The zero-order valence-corrected chi connectivity index (χ0v) is 29.2. The monoisotopic (exact) mass is 794 g/mol. The van der Waals surface area contributed by atoms with Crippen LogP contribution in [0.15, 0.2) is 93.1 Å². The normalized spacial score (nSPS) is 10.9. The highest BCUT2D eigenvalue weighted by Crippen LogP contribution is 2.36. The lowest BCUT2D eigenvalue weighted by Gasteiger charge is -2.16. The lowest BCUT2D eigenvalue weighted by Crippen LogP contribution is -2.23. The van der Waals surface area contributed by atoms with E-state index in [0.29, 0.717) is 48.0 Å². The van der Waals surface area contributed by atoms with Gasteiger partial charge in [-0.15, -0.1) is 0 Å². The fraction of sp³-hybridized carbons (Fsp3) is 0.133. The van der Waals surface area contributed by atoms with Crippen molar-refractivity contribution in [1.82, 2.24) is 14.4 Å². The number of pyridine rings is 2. The van der Waals surface area contributed by atoms with Crippen LogP contribution >= 0.6 is 78.3 Å². The molecule has 228 valence electrons. The third-order valence-electron chi connectivity index (χ3n) is 5.54. The maximum absolute atomic E-state index is 12.2. The molecule has 43 heavy (non-hydrogen) atoms. The molecule has 0 spiro atoms. The first kappa shape index (κ1) is 35.0. The fourth-order valence-corrected chi connectivity index (χ4v) is 5.63. The molecule has 0 aliphatic carbocycles. The Morgan fingerprint density at radius 3 is 1.93 bits per heavy atom. The molecule has 5 aromatic rings. The van der Waals surface area contributed by atoms with E-state index in [1.54, 1.807) is 59.1 Å². The molecule has 0 saturated heterocycles. The molecule has 3 aromatic heterocycles. The minimum Gasteiger partial charge on any atom is -0.369 e. The van der Waals surface area contributed by atoms with Crippen molar-refractivity contribution in [1.29, 1.82) is 1.45 Å². The number of hydrogen-bond acceptors (Lipinski definition) is 4. The molecule has 0 aliphatic heterocycles. The average Bonchev–Trinajstić information content (AvgIpc) is 3.04. The molecule has 3 heterocycles. The van der Waals surface area contributed by atoms with Crippen LogP contribution in [-0.4, -0.2) is 21.7 Å². The maximum Gasteiger partial charge on any atom is 0.281 e. The van der Waals surface area contributed by atoms with Crippen molar-refractivity contribution in [2.45, 2.75) is 27.2 Å². The highest BCUT2D eigenvalue weighted by molar-refractivity contribution is 9.10. The van der Waals surface area contributed by atoms with Crippen LogP contribution in [0, 0.1) is 0 Å². The summed E-state index contributed by atoms with van der Waals surface area (Å²) in [6.07, 6.45) is 4.88. The van der Waals surface area contributed by atoms with Gasteiger partial charge in [-0.05, 0) is 80.4 Å². The second-order valence-electron chi connectivity index (χ2n) is 8.03. The number of halogens is 7. The third kappa shape index (κ3) is 9.23. The number of primary amides is 1. The second-order valence-corrected chi connectivity index (χ2v) is 11.5. The van der Waals surface area contributed by atoms with Crippen molar-refractivity contribution in [3.05, 3.63) is 130 Å². The molecule has 0 bridgehead atoms. The minimum atomic E-state index is -0.769. The molecule has 2 N–H and O–H groups in total. The first-order chi connectivity index (χ1) is 21.6. The first-order valence-electron chi connectivity index (χ1n) is 13.4. The van der Waals surface area contributed by atoms with Crippen LogP contribution in [0.1, 0.15) is 39.8 Å². The highest BCUT2D eigenvalue weighted by Gasteiger charge is 2.26.